The zero-order chi connectivity index (χ0) is 13.9. The first-order valence-corrected chi connectivity index (χ1v) is 6.25. The van der Waals surface area contributed by atoms with Crippen molar-refractivity contribution in [1.29, 1.82) is 0 Å². The van der Waals surface area contributed by atoms with Crippen LogP contribution in [0.5, 0.6) is 0 Å². The van der Waals surface area contributed by atoms with Crippen molar-refractivity contribution in [2.24, 2.45) is 0 Å². The number of nitrogens with one attached hydrogen (secondary N) is 1. The van der Waals surface area contributed by atoms with Gasteiger partial charge in [-0.1, -0.05) is 11.6 Å². The molecule has 0 aliphatic heterocycles. The summed E-state index contributed by atoms with van der Waals surface area (Å²) in [5.41, 5.74) is -0.436. The summed E-state index contributed by atoms with van der Waals surface area (Å²) < 4.78 is 24.9. The van der Waals surface area contributed by atoms with Gasteiger partial charge in [0.1, 0.15) is 11.6 Å². The van der Waals surface area contributed by atoms with Crippen molar-refractivity contribution < 1.29 is 23.2 Å². The Morgan fingerprint density at radius 2 is 2.11 bits per heavy atom. The van der Waals surface area contributed by atoms with Gasteiger partial charge in [-0.05, 0) is 12.1 Å². The van der Waals surface area contributed by atoms with Gasteiger partial charge < -0.3 is 5.11 Å². The minimum atomic E-state index is -4.06. The van der Waals surface area contributed by atoms with Gasteiger partial charge in [0.2, 0.25) is 10.0 Å². The highest BCUT2D eigenvalue weighted by Crippen LogP contribution is 2.26. The summed E-state index contributed by atoms with van der Waals surface area (Å²) in [6.45, 7) is -0.795. The molecule has 0 bridgehead atoms. The Balaban J connectivity index is 3.08. The summed E-state index contributed by atoms with van der Waals surface area (Å²) >= 11 is 5.54. The van der Waals surface area contributed by atoms with Gasteiger partial charge in [0.25, 0.3) is 5.69 Å². The first-order chi connectivity index (χ1) is 8.24. The van der Waals surface area contributed by atoms with Gasteiger partial charge in [-0.2, -0.15) is 4.72 Å². The fourth-order valence-corrected chi connectivity index (χ4v) is 2.36. The van der Waals surface area contributed by atoms with E-state index in [-0.39, 0.29) is 9.92 Å². The van der Waals surface area contributed by atoms with Crippen LogP contribution in [0.2, 0.25) is 5.02 Å². The summed E-state index contributed by atoms with van der Waals surface area (Å²) in [5, 5.41) is 18.5. The lowest BCUT2D eigenvalue weighted by atomic mass is 10.3. The van der Waals surface area contributed by atoms with Crippen molar-refractivity contribution in [1.82, 2.24) is 4.72 Å². The molecule has 0 spiro atoms. The number of benzene rings is 1. The van der Waals surface area contributed by atoms with Crippen LogP contribution in [0.1, 0.15) is 0 Å². The Hall–Kier alpha value is -1.71. The summed E-state index contributed by atoms with van der Waals surface area (Å²) in [6, 6.07) is 2.77. The second kappa shape index (κ2) is 5.29. The first kappa shape index (κ1) is 14.4. The highest BCUT2D eigenvalue weighted by Gasteiger charge is 2.19. The van der Waals surface area contributed by atoms with E-state index < -0.39 is 33.1 Å². The van der Waals surface area contributed by atoms with Crippen LogP contribution in [0.4, 0.5) is 5.69 Å². The second-order valence-electron chi connectivity index (χ2n) is 3.09. The number of hydrogen-bond acceptors (Lipinski definition) is 5. The van der Waals surface area contributed by atoms with Crippen molar-refractivity contribution in [3.05, 3.63) is 33.3 Å². The van der Waals surface area contributed by atoms with E-state index in [0.29, 0.717) is 0 Å². The summed E-state index contributed by atoms with van der Waals surface area (Å²) in [5.74, 6) is -1.36. The van der Waals surface area contributed by atoms with E-state index >= 15 is 0 Å². The lowest BCUT2D eigenvalue weighted by molar-refractivity contribution is -0.384. The van der Waals surface area contributed by atoms with Gasteiger partial charge in [0.05, 0.1) is 9.82 Å². The number of carboxylic acid groups (broad SMARTS) is 1. The molecule has 0 saturated heterocycles. The van der Waals surface area contributed by atoms with Crippen LogP contribution in [0, 0.1) is 10.1 Å². The molecule has 1 rings (SSSR count). The number of rotatable bonds is 5. The zero-order valence-electron chi connectivity index (χ0n) is 8.66. The third kappa shape index (κ3) is 3.39. The molecule has 0 aromatic heterocycles. The van der Waals surface area contributed by atoms with Crippen molar-refractivity contribution in [2.75, 3.05) is 6.54 Å². The minimum Gasteiger partial charge on any atom is -0.480 e. The maximum atomic E-state index is 11.6. The molecule has 10 heteroatoms. The molecule has 1 aromatic carbocycles. The third-order valence-corrected chi connectivity index (χ3v) is 3.54. The van der Waals surface area contributed by atoms with Gasteiger partial charge >= 0.3 is 5.97 Å². The summed E-state index contributed by atoms with van der Waals surface area (Å²) in [6.07, 6.45) is 0. The number of nitrogens with zero attached hydrogens (tertiary/aromatic N) is 1. The molecule has 0 aliphatic rings. The number of aliphatic carboxylic acids is 1. The Morgan fingerprint density at radius 3 is 2.56 bits per heavy atom. The Bertz CT molecular complexity index is 600. The molecule has 0 unspecified atom stereocenters. The number of nitro benzene ring substituents is 1. The summed E-state index contributed by atoms with van der Waals surface area (Å²) in [4.78, 5) is 19.6. The average molecular weight is 295 g/mol. The number of sulfonamides is 1. The SMILES string of the molecule is O=C(O)CNS(=O)(=O)c1ccc([N+](=O)[O-])c(Cl)c1. The molecule has 0 aliphatic carbocycles. The van der Waals surface area contributed by atoms with Crippen molar-refractivity contribution in [2.45, 2.75) is 4.90 Å². The van der Waals surface area contributed by atoms with Crippen LogP contribution < -0.4 is 4.72 Å². The average Bonchev–Trinajstić information content (AvgIpc) is 2.26. The van der Waals surface area contributed by atoms with Crippen LogP contribution in [0.25, 0.3) is 0 Å². The van der Waals surface area contributed by atoms with E-state index in [2.05, 4.69) is 0 Å². The van der Waals surface area contributed by atoms with E-state index in [1.807, 2.05) is 0 Å². The van der Waals surface area contributed by atoms with Crippen LogP contribution in [0.3, 0.4) is 0 Å². The Labute approximate surface area is 106 Å². The lowest BCUT2D eigenvalue weighted by Gasteiger charge is -2.04. The maximum Gasteiger partial charge on any atom is 0.318 e. The lowest BCUT2D eigenvalue weighted by Crippen LogP contribution is -2.29. The molecule has 0 heterocycles. The van der Waals surface area contributed by atoms with Gasteiger partial charge in [-0.3, -0.25) is 14.9 Å². The number of nitro groups is 1. The molecule has 2 N–H and O–H groups in total. The van der Waals surface area contributed by atoms with Crippen LogP contribution in [-0.4, -0.2) is 31.0 Å². The van der Waals surface area contributed by atoms with E-state index in [1.165, 1.54) is 0 Å². The highest BCUT2D eigenvalue weighted by molar-refractivity contribution is 7.89. The van der Waals surface area contributed by atoms with Gasteiger partial charge in [0, 0.05) is 6.07 Å². The molecule has 98 valence electrons. The van der Waals surface area contributed by atoms with Gasteiger partial charge in [0.15, 0.2) is 0 Å². The predicted molar refractivity (Wildman–Crippen MR) is 60.9 cm³/mol. The van der Waals surface area contributed by atoms with E-state index in [4.69, 9.17) is 16.7 Å². The molecule has 0 amide bonds. The minimum absolute atomic E-state index is 0.348. The molecule has 8 nitrogen and oxygen atoms in total. The van der Waals surface area contributed by atoms with Gasteiger partial charge in [-0.25, -0.2) is 8.42 Å². The molecular weight excluding hydrogens is 288 g/mol. The van der Waals surface area contributed by atoms with Gasteiger partial charge in [-0.15, -0.1) is 0 Å². The first-order valence-electron chi connectivity index (χ1n) is 4.39. The predicted octanol–water partition coefficient (Wildman–Crippen LogP) is 0.611. The fraction of sp³-hybridized carbons (Fsp3) is 0.125. The smallest absolute Gasteiger partial charge is 0.318 e. The van der Waals surface area contributed by atoms with Crippen LogP contribution >= 0.6 is 11.6 Å². The van der Waals surface area contributed by atoms with Crippen molar-refractivity contribution in [3.63, 3.8) is 0 Å². The largest absolute Gasteiger partial charge is 0.480 e. The van der Waals surface area contributed by atoms with Crippen molar-refractivity contribution >= 4 is 33.3 Å². The van der Waals surface area contributed by atoms with Crippen molar-refractivity contribution in [3.8, 4) is 0 Å². The van der Waals surface area contributed by atoms with E-state index in [1.54, 1.807) is 4.72 Å². The highest BCUT2D eigenvalue weighted by atomic mass is 35.5. The number of carboxylic acids is 1. The molecule has 18 heavy (non-hydrogen) atoms. The molecule has 0 radical (unpaired) electrons. The Kier molecular flexibility index (Phi) is 4.22. The third-order valence-electron chi connectivity index (χ3n) is 1.84. The summed E-state index contributed by atoms with van der Waals surface area (Å²) in [7, 11) is -4.06. The maximum absolute atomic E-state index is 11.6. The number of carbonyl (C=O) groups is 1. The molecular formula is C8H7ClN2O6S. The van der Waals surface area contributed by atoms with E-state index in [0.717, 1.165) is 18.2 Å². The van der Waals surface area contributed by atoms with Crippen LogP contribution in [-0.2, 0) is 14.8 Å². The zero-order valence-corrected chi connectivity index (χ0v) is 10.2. The molecule has 0 atom stereocenters. The molecule has 1 aromatic rings. The second-order valence-corrected chi connectivity index (χ2v) is 5.26. The topological polar surface area (TPSA) is 127 Å². The Morgan fingerprint density at radius 1 is 1.50 bits per heavy atom. The normalized spacial score (nSPS) is 11.2. The van der Waals surface area contributed by atoms with E-state index in [9.17, 15) is 23.3 Å². The molecule has 0 fully saturated rings. The fourth-order valence-electron chi connectivity index (χ4n) is 1.04. The monoisotopic (exact) mass is 294 g/mol. The van der Waals surface area contributed by atoms with Crippen LogP contribution in [0.15, 0.2) is 23.1 Å². The standard InChI is InChI=1S/C8H7ClN2O6S/c9-6-3-5(1-2-7(6)11(14)15)18(16,17)10-4-8(12)13/h1-3,10H,4H2,(H,12,13). The number of halogens is 1. The number of hydrogen-bond donors (Lipinski definition) is 2. The quantitative estimate of drug-likeness (QED) is 0.605. The molecule has 0 saturated carbocycles.